The Kier molecular flexibility index (Phi) is 5.69. The van der Waals surface area contributed by atoms with Crippen LogP contribution in [0.25, 0.3) is 0 Å². The van der Waals surface area contributed by atoms with Crippen LogP contribution >= 0.6 is 0 Å². The van der Waals surface area contributed by atoms with Crippen LogP contribution in [0.1, 0.15) is 31.4 Å². The molecule has 0 aliphatic carbocycles. The first-order valence-corrected chi connectivity index (χ1v) is 8.69. The number of piperidine rings is 1. The van der Waals surface area contributed by atoms with Gasteiger partial charge in [-0.2, -0.15) is 5.10 Å². The standard InChI is InChI=1S/C15H25N9O/c1-12-4-7-23(8-5-12)9-14-19-20-21-24(14)10-15(25)16-6-3-13-17-11-18-22(13)2/h11-12H,3-10H2,1-2H3,(H,16,25). The molecule has 0 saturated carbocycles. The quantitative estimate of drug-likeness (QED) is 0.712. The molecular weight excluding hydrogens is 322 g/mol. The molecule has 0 spiro atoms. The lowest BCUT2D eigenvalue weighted by Crippen LogP contribution is -2.35. The van der Waals surface area contributed by atoms with Gasteiger partial charge in [0, 0.05) is 20.0 Å². The van der Waals surface area contributed by atoms with Crippen LogP contribution in [0.4, 0.5) is 0 Å². The van der Waals surface area contributed by atoms with Crippen LogP contribution in [-0.4, -0.2) is 65.4 Å². The molecule has 1 saturated heterocycles. The number of tetrazole rings is 1. The summed E-state index contributed by atoms with van der Waals surface area (Å²) >= 11 is 0. The van der Waals surface area contributed by atoms with Crippen LogP contribution in [0.2, 0.25) is 0 Å². The highest BCUT2D eigenvalue weighted by atomic mass is 16.2. The Balaban J connectivity index is 1.45. The second-order valence-corrected chi connectivity index (χ2v) is 6.61. The topological polar surface area (TPSA) is 107 Å². The fourth-order valence-corrected chi connectivity index (χ4v) is 2.93. The van der Waals surface area contributed by atoms with Crippen molar-refractivity contribution < 1.29 is 4.79 Å². The van der Waals surface area contributed by atoms with Gasteiger partial charge < -0.3 is 5.32 Å². The van der Waals surface area contributed by atoms with Gasteiger partial charge in [-0.15, -0.1) is 5.10 Å². The molecule has 0 bridgehead atoms. The molecule has 0 aromatic carbocycles. The van der Waals surface area contributed by atoms with E-state index >= 15 is 0 Å². The zero-order chi connectivity index (χ0) is 17.6. The SMILES string of the molecule is CC1CCN(Cc2nnnn2CC(=O)NCCc2ncnn2C)CC1. The minimum atomic E-state index is -0.108. The summed E-state index contributed by atoms with van der Waals surface area (Å²) < 4.78 is 3.28. The Labute approximate surface area is 146 Å². The number of aryl methyl sites for hydroxylation is 1. The van der Waals surface area contributed by atoms with E-state index in [4.69, 9.17) is 0 Å². The molecule has 2 aromatic heterocycles. The van der Waals surface area contributed by atoms with E-state index in [1.165, 1.54) is 19.2 Å². The molecule has 10 nitrogen and oxygen atoms in total. The minimum Gasteiger partial charge on any atom is -0.354 e. The van der Waals surface area contributed by atoms with Crippen LogP contribution < -0.4 is 5.32 Å². The fourth-order valence-electron chi connectivity index (χ4n) is 2.93. The number of carbonyl (C=O) groups is 1. The molecule has 136 valence electrons. The van der Waals surface area contributed by atoms with E-state index in [9.17, 15) is 4.79 Å². The van der Waals surface area contributed by atoms with E-state index in [0.29, 0.717) is 19.5 Å². The van der Waals surface area contributed by atoms with Gasteiger partial charge in [0.15, 0.2) is 5.82 Å². The molecule has 1 N–H and O–H groups in total. The Morgan fingerprint density at radius 3 is 2.84 bits per heavy atom. The van der Waals surface area contributed by atoms with Gasteiger partial charge in [-0.05, 0) is 42.3 Å². The number of likely N-dealkylation sites (tertiary alicyclic amines) is 1. The van der Waals surface area contributed by atoms with Crippen molar-refractivity contribution in [3.05, 3.63) is 18.0 Å². The van der Waals surface area contributed by atoms with E-state index in [0.717, 1.165) is 30.7 Å². The van der Waals surface area contributed by atoms with Crippen molar-refractivity contribution >= 4 is 5.91 Å². The summed E-state index contributed by atoms with van der Waals surface area (Å²) in [6.07, 6.45) is 4.54. The number of rotatable bonds is 7. The van der Waals surface area contributed by atoms with Crippen LogP contribution in [0.5, 0.6) is 0 Å². The van der Waals surface area contributed by atoms with Gasteiger partial charge in [0.25, 0.3) is 0 Å². The maximum absolute atomic E-state index is 12.1. The highest BCUT2D eigenvalue weighted by molar-refractivity contribution is 5.75. The number of aromatic nitrogens is 7. The molecule has 0 radical (unpaired) electrons. The summed E-state index contributed by atoms with van der Waals surface area (Å²) in [6.45, 7) is 5.72. The maximum Gasteiger partial charge on any atom is 0.241 e. The lowest BCUT2D eigenvalue weighted by molar-refractivity contribution is -0.121. The van der Waals surface area contributed by atoms with Gasteiger partial charge in [0.1, 0.15) is 18.7 Å². The summed E-state index contributed by atoms with van der Waals surface area (Å²) in [5.74, 6) is 2.25. The van der Waals surface area contributed by atoms with E-state index in [2.05, 4.69) is 42.7 Å². The molecule has 3 rings (SSSR count). The van der Waals surface area contributed by atoms with Gasteiger partial charge >= 0.3 is 0 Å². The molecule has 0 unspecified atom stereocenters. The number of carbonyl (C=O) groups excluding carboxylic acids is 1. The summed E-state index contributed by atoms with van der Waals surface area (Å²) in [4.78, 5) is 18.6. The van der Waals surface area contributed by atoms with Crippen molar-refractivity contribution in [3.8, 4) is 0 Å². The van der Waals surface area contributed by atoms with Gasteiger partial charge in [-0.1, -0.05) is 6.92 Å². The summed E-state index contributed by atoms with van der Waals surface area (Å²) in [7, 11) is 1.83. The van der Waals surface area contributed by atoms with Crippen molar-refractivity contribution in [1.82, 2.24) is 45.2 Å². The number of nitrogens with one attached hydrogen (secondary N) is 1. The molecule has 1 aliphatic rings. The first-order chi connectivity index (χ1) is 12.1. The average molecular weight is 347 g/mol. The first kappa shape index (κ1) is 17.5. The third-order valence-corrected chi connectivity index (χ3v) is 4.62. The minimum absolute atomic E-state index is 0.108. The predicted molar refractivity (Wildman–Crippen MR) is 89.2 cm³/mol. The van der Waals surface area contributed by atoms with E-state index < -0.39 is 0 Å². The third-order valence-electron chi connectivity index (χ3n) is 4.62. The lowest BCUT2D eigenvalue weighted by Gasteiger charge is -2.29. The monoisotopic (exact) mass is 347 g/mol. The molecule has 1 fully saturated rings. The summed E-state index contributed by atoms with van der Waals surface area (Å²) in [5.41, 5.74) is 0. The van der Waals surface area contributed by atoms with Crippen molar-refractivity contribution in [3.63, 3.8) is 0 Å². The van der Waals surface area contributed by atoms with E-state index in [-0.39, 0.29) is 12.5 Å². The van der Waals surface area contributed by atoms with Crippen molar-refractivity contribution in [1.29, 1.82) is 0 Å². The Bertz CT molecular complexity index is 687. The molecule has 2 aromatic rings. The highest BCUT2D eigenvalue weighted by Gasteiger charge is 2.19. The number of hydrogen-bond donors (Lipinski definition) is 1. The van der Waals surface area contributed by atoms with Crippen LogP contribution in [0, 0.1) is 5.92 Å². The van der Waals surface area contributed by atoms with Gasteiger partial charge in [-0.25, -0.2) is 9.67 Å². The Morgan fingerprint density at radius 1 is 1.32 bits per heavy atom. The Morgan fingerprint density at radius 2 is 2.12 bits per heavy atom. The molecule has 10 heteroatoms. The number of amides is 1. The second kappa shape index (κ2) is 8.15. The largest absolute Gasteiger partial charge is 0.354 e. The number of nitrogens with zero attached hydrogens (tertiary/aromatic N) is 8. The first-order valence-electron chi connectivity index (χ1n) is 8.69. The lowest BCUT2D eigenvalue weighted by atomic mass is 9.99. The smallest absolute Gasteiger partial charge is 0.241 e. The second-order valence-electron chi connectivity index (χ2n) is 6.61. The van der Waals surface area contributed by atoms with Gasteiger partial charge in [0.05, 0.1) is 6.54 Å². The van der Waals surface area contributed by atoms with E-state index in [1.54, 1.807) is 9.36 Å². The molecule has 0 atom stereocenters. The zero-order valence-electron chi connectivity index (χ0n) is 14.8. The zero-order valence-corrected chi connectivity index (χ0v) is 14.8. The van der Waals surface area contributed by atoms with Gasteiger partial charge in [-0.3, -0.25) is 14.4 Å². The van der Waals surface area contributed by atoms with Crippen LogP contribution in [-0.2, 0) is 31.4 Å². The van der Waals surface area contributed by atoms with Gasteiger partial charge in [0.2, 0.25) is 5.91 Å². The molecule has 3 heterocycles. The third kappa shape index (κ3) is 4.81. The van der Waals surface area contributed by atoms with E-state index in [1.807, 2.05) is 7.05 Å². The highest BCUT2D eigenvalue weighted by Crippen LogP contribution is 2.17. The van der Waals surface area contributed by atoms with Crippen molar-refractivity contribution in [2.75, 3.05) is 19.6 Å². The van der Waals surface area contributed by atoms with Crippen molar-refractivity contribution in [2.24, 2.45) is 13.0 Å². The molecular formula is C15H25N9O. The van der Waals surface area contributed by atoms with Crippen LogP contribution in [0.15, 0.2) is 6.33 Å². The molecule has 1 aliphatic heterocycles. The van der Waals surface area contributed by atoms with Crippen LogP contribution in [0.3, 0.4) is 0 Å². The Hall–Kier alpha value is -2.36. The maximum atomic E-state index is 12.1. The summed E-state index contributed by atoms with van der Waals surface area (Å²) in [5, 5.41) is 18.6. The fraction of sp³-hybridized carbons (Fsp3) is 0.733. The number of hydrogen-bond acceptors (Lipinski definition) is 7. The molecule has 1 amide bonds. The average Bonchev–Trinajstić information content (AvgIpc) is 3.19. The molecule has 25 heavy (non-hydrogen) atoms. The normalized spacial score (nSPS) is 16.2. The van der Waals surface area contributed by atoms with Crippen molar-refractivity contribution in [2.45, 2.75) is 39.3 Å². The predicted octanol–water partition coefficient (Wildman–Crippen LogP) is -0.608. The summed E-state index contributed by atoms with van der Waals surface area (Å²) in [6, 6.07) is 0.